The van der Waals surface area contributed by atoms with Crippen LogP contribution in [0.3, 0.4) is 0 Å². The van der Waals surface area contributed by atoms with Crippen LogP contribution in [-0.2, 0) is 11.2 Å². The first-order valence-corrected chi connectivity index (χ1v) is 9.17. The largest absolute Gasteiger partial charge is 0.352 e. The van der Waals surface area contributed by atoms with E-state index < -0.39 is 0 Å². The number of nitrogens with one attached hydrogen (secondary N) is 1. The smallest absolute Gasteiger partial charge is 0.244 e. The Balaban J connectivity index is 1.46. The van der Waals surface area contributed by atoms with E-state index in [0.29, 0.717) is 24.7 Å². The Morgan fingerprint density at radius 2 is 1.93 bits per heavy atom. The molecule has 27 heavy (non-hydrogen) atoms. The number of amides is 1. The Kier molecular flexibility index (Phi) is 6.16. The maximum Gasteiger partial charge on any atom is 0.244 e. The number of hydrogen-bond donors (Lipinski definition) is 1. The molecule has 9 heteroatoms. The number of rotatable bonds is 7. The van der Waals surface area contributed by atoms with Crippen molar-refractivity contribution in [2.45, 2.75) is 6.42 Å². The summed E-state index contributed by atoms with van der Waals surface area (Å²) in [5, 5.41) is 5.57. The Labute approximate surface area is 161 Å². The van der Waals surface area contributed by atoms with Gasteiger partial charge in [-0.15, -0.1) is 11.3 Å². The van der Waals surface area contributed by atoms with Crippen LogP contribution >= 0.6 is 11.3 Å². The Morgan fingerprint density at radius 3 is 2.63 bits per heavy atom. The second-order valence-electron chi connectivity index (χ2n) is 5.80. The number of carbonyl (C=O) groups excluding carboxylic acids is 1. The van der Waals surface area contributed by atoms with Gasteiger partial charge in [-0.05, 0) is 12.1 Å². The molecule has 0 aliphatic rings. The average Bonchev–Trinajstić information content (AvgIpc) is 3.16. The first kappa shape index (κ1) is 18.6. The van der Waals surface area contributed by atoms with Gasteiger partial charge in [0, 0.05) is 68.9 Å². The molecule has 3 aromatic heterocycles. The molecule has 0 spiro atoms. The van der Waals surface area contributed by atoms with Crippen LogP contribution in [0.25, 0.3) is 16.9 Å². The first-order chi connectivity index (χ1) is 13.1. The van der Waals surface area contributed by atoms with Crippen molar-refractivity contribution in [3.63, 3.8) is 0 Å². The maximum absolute atomic E-state index is 11.9. The molecule has 0 aliphatic heterocycles. The van der Waals surface area contributed by atoms with Crippen LogP contribution in [0, 0.1) is 0 Å². The molecule has 1 N–H and O–H groups in total. The number of anilines is 1. The monoisotopic (exact) mass is 381 g/mol. The topological polar surface area (TPSA) is 96.8 Å². The van der Waals surface area contributed by atoms with Crippen molar-refractivity contribution in [3.05, 3.63) is 53.6 Å². The van der Waals surface area contributed by atoms with Crippen LogP contribution in [0.4, 0.5) is 5.95 Å². The summed E-state index contributed by atoms with van der Waals surface area (Å²) in [6.07, 6.45) is 10.5. The molecular weight excluding hydrogens is 362 g/mol. The van der Waals surface area contributed by atoms with Gasteiger partial charge in [-0.25, -0.2) is 24.9 Å². The van der Waals surface area contributed by atoms with Crippen molar-refractivity contribution < 1.29 is 4.79 Å². The summed E-state index contributed by atoms with van der Waals surface area (Å²) in [6.45, 7) is 0.498. The summed E-state index contributed by atoms with van der Waals surface area (Å²) in [7, 11) is 3.74. The van der Waals surface area contributed by atoms with Gasteiger partial charge in [-0.3, -0.25) is 4.79 Å². The van der Waals surface area contributed by atoms with E-state index in [9.17, 15) is 4.79 Å². The van der Waals surface area contributed by atoms with Gasteiger partial charge >= 0.3 is 0 Å². The summed E-state index contributed by atoms with van der Waals surface area (Å²) in [6, 6.07) is 1.77. The van der Waals surface area contributed by atoms with E-state index in [4.69, 9.17) is 0 Å². The standard InChI is InChI=1S/C18H19N7OS/c1-25(2)18-22-10-13(11-23-18)4-5-15(26)19-9-6-14-12-27-17(24-14)16-20-7-3-8-21-16/h3-5,7-8,10-12H,6,9H2,1-2H3,(H,19,26)/b5-4+. The van der Waals surface area contributed by atoms with Crippen LogP contribution in [0.1, 0.15) is 11.3 Å². The van der Waals surface area contributed by atoms with Crippen molar-refractivity contribution in [2.24, 2.45) is 0 Å². The molecule has 1 amide bonds. The molecule has 3 rings (SSSR count). The molecule has 3 heterocycles. The summed E-state index contributed by atoms with van der Waals surface area (Å²) in [5.74, 6) is 1.07. The lowest BCUT2D eigenvalue weighted by atomic mass is 10.3. The SMILES string of the molecule is CN(C)c1ncc(/C=C/C(=O)NCCc2csc(-c3ncccn3)n2)cn1. The fourth-order valence-corrected chi connectivity index (χ4v) is 2.93. The summed E-state index contributed by atoms with van der Waals surface area (Å²) in [4.78, 5) is 35.0. The molecule has 0 aromatic carbocycles. The minimum atomic E-state index is -0.173. The third kappa shape index (κ3) is 5.38. The fourth-order valence-electron chi connectivity index (χ4n) is 2.13. The number of aromatic nitrogens is 5. The Morgan fingerprint density at radius 1 is 1.19 bits per heavy atom. The lowest BCUT2D eigenvalue weighted by molar-refractivity contribution is -0.116. The van der Waals surface area contributed by atoms with Crippen LogP contribution in [0.5, 0.6) is 0 Å². The Bertz CT molecular complexity index is 907. The molecule has 0 saturated heterocycles. The van der Waals surface area contributed by atoms with Crippen molar-refractivity contribution >= 4 is 29.3 Å². The minimum Gasteiger partial charge on any atom is -0.352 e. The number of hydrogen-bond acceptors (Lipinski definition) is 8. The molecule has 0 saturated carbocycles. The third-order valence-electron chi connectivity index (χ3n) is 3.47. The number of nitrogens with zero attached hydrogens (tertiary/aromatic N) is 6. The highest BCUT2D eigenvalue weighted by Gasteiger charge is 2.07. The summed E-state index contributed by atoms with van der Waals surface area (Å²) >= 11 is 1.49. The van der Waals surface area contributed by atoms with Gasteiger partial charge in [-0.2, -0.15) is 0 Å². The van der Waals surface area contributed by atoms with Crippen molar-refractivity contribution in [1.82, 2.24) is 30.2 Å². The van der Waals surface area contributed by atoms with E-state index in [2.05, 4.69) is 30.2 Å². The average molecular weight is 381 g/mol. The molecular formula is C18H19N7OS. The fraction of sp³-hybridized carbons (Fsp3) is 0.222. The van der Waals surface area contributed by atoms with Gasteiger partial charge in [0.05, 0.1) is 5.69 Å². The summed E-state index contributed by atoms with van der Waals surface area (Å²) < 4.78 is 0. The lowest BCUT2D eigenvalue weighted by Crippen LogP contribution is -2.23. The van der Waals surface area contributed by atoms with Gasteiger partial charge in [-0.1, -0.05) is 0 Å². The Hall–Kier alpha value is -3.20. The predicted molar refractivity (Wildman–Crippen MR) is 105 cm³/mol. The van der Waals surface area contributed by atoms with Crippen LogP contribution in [-0.4, -0.2) is 51.5 Å². The zero-order valence-corrected chi connectivity index (χ0v) is 15.8. The van der Waals surface area contributed by atoms with Crippen molar-refractivity contribution in [1.29, 1.82) is 0 Å². The number of carbonyl (C=O) groups is 1. The van der Waals surface area contributed by atoms with Crippen LogP contribution in [0.15, 0.2) is 42.3 Å². The van der Waals surface area contributed by atoms with E-state index in [1.165, 1.54) is 17.4 Å². The van der Waals surface area contributed by atoms with E-state index in [1.807, 2.05) is 24.4 Å². The minimum absolute atomic E-state index is 0.173. The molecule has 0 atom stereocenters. The van der Waals surface area contributed by atoms with E-state index in [-0.39, 0.29) is 5.91 Å². The van der Waals surface area contributed by atoms with Gasteiger partial charge in [0.2, 0.25) is 11.9 Å². The van der Waals surface area contributed by atoms with Crippen LogP contribution in [0.2, 0.25) is 0 Å². The van der Waals surface area contributed by atoms with Gasteiger partial charge in [0.15, 0.2) is 10.8 Å². The zero-order valence-electron chi connectivity index (χ0n) is 15.0. The molecule has 0 unspecified atom stereocenters. The molecule has 8 nitrogen and oxygen atoms in total. The summed E-state index contributed by atoms with van der Waals surface area (Å²) in [5.41, 5.74) is 1.67. The van der Waals surface area contributed by atoms with E-state index in [1.54, 1.807) is 36.9 Å². The third-order valence-corrected chi connectivity index (χ3v) is 4.36. The highest BCUT2D eigenvalue weighted by atomic mass is 32.1. The second kappa shape index (κ2) is 8.95. The van der Waals surface area contributed by atoms with Crippen molar-refractivity contribution in [2.75, 3.05) is 25.5 Å². The van der Waals surface area contributed by atoms with Gasteiger partial charge in [0.1, 0.15) is 0 Å². The van der Waals surface area contributed by atoms with Gasteiger partial charge in [0.25, 0.3) is 0 Å². The van der Waals surface area contributed by atoms with Gasteiger partial charge < -0.3 is 10.2 Å². The zero-order chi connectivity index (χ0) is 19.1. The lowest BCUT2D eigenvalue weighted by Gasteiger charge is -2.08. The number of thiazole rings is 1. The molecule has 0 aliphatic carbocycles. The van der Waals surface area contributed by atoms with E-state index >= 15 is 0 Å². The normalized spacial score (nSPS) is 10.9. The molecule has 3 aromatic rings. The quantitative estimate of drug-likeness (QED) is 0.624. The molecule has 0 radical (unpaired) electrons. The highest BCUT2D eigenvalue weighted by molar-refractivity contribution is 7.13. The van der Waals surface area contributed by atoms with Crippen molar-refractivity contribution in [3.8, 4) is 10.8 Å². The maximum atomic E-state index is 11.9. The molecule has 0 fully saturated rings. The van der Waals surface area contributed by atoms with Crippen LogP contribution < -0.4 is 10.2 Å². The second-order valence-corrected chi connectivity index (χ2v) is 6.66. The molecule has 138 valence electrons. The molecule has 0 bridgehead atoms. The van der Waals surface area contributed by atoms with E-state index in [0.717, 1.165) is 16.3 Å². The first-order valence-electron chi connectivity index (χ1n) is 8.29. The highest BCUT2D eigenvalue weighted by Crippen LogP contribution is 2.19. The predicted octanol–water partition coefficient (Wildman–Crippen LogP) is 1.83.